The van der Waals surface area contributed by atoms with Crippen molar-refractivity contribution in [2.75, 3.05) is 0 Å². The van der Waals surface area contributed by atoms with Crippen molar-refractivity contribution in [3.05, 3.63) is 145 Å². The van der Waals surface area contributed by atoms with Gasteiger partial charge in [-0.1, -0.05) is 140 Å². The average molecular weight is 532 g/mol. The van der Waals surface area contributed by atoms with Gasteiger partial charge in [-0.15, -0.1) is 0 Å². The summed E-state index contributed by atoms with van der Waals surface area (Å²) >= 11 is 0. The Hall–Kier alpha value is -4.94. The lowest BCUT2D eigenvalue weighted by atomic mass is 9.84. The molecule has 0 aliphatic carbocycles. The zero-order valence-corrected chi connectivity index (χ0v) is 20.4. The van der Waals surface area contributed by atoms with Crippen molar-refractivity contribution in [3.8, 4) is 22.3 Å². The van der Waals surface area contributed by atoms with E-state index in [0.29, 0.717) is 0 Å². The Bertz CT molecular complexity index is 3340. The molecule has 0 heteroatoms. The van der Waals surface area contributed by atoms with E-state index in [1.807, 2.05) is 0 Å². The summed E-state index contributed by atoms with van der Waals surface area (Å²) in [5.74, 6) is 0. The zero-order chi connectivity index (χ0) is 46.6. The predicted molar refractivity (Wildman–Crippen MR) is 174 cm³/mol. The monoisotopic (exact) mass is 531 g/mol. The fourth-order valence-electron chi connectivity index (χ4n) is 5.38. The molecule has 0 unspecified atom stereocenters. The molecule has 0 heterocycles. The molecule has 0 radical (unpaired) electrons. The highest BCUT2D eigenvalue weighted by Crippen LogP contribution is 2.46. The van der Waals surface area contributed by atoms with Crippen LogP contribution >= 0.6 is 0 Å². The number of rotatable bonds is 3. The first-order chi connectivity index (χ1) is 29.2. The molecule has 188 valence electrons. The molecule has 0 atom stereocenters. The van der Waals surface area contributed by atoms with Crippen molar-refractivity contribution in [2.24, 2.45) is 0 Å². The second-order valence-electron chi connectivity index (χ2n) is 9.02. The summed E-state index contributed by atoms with van der Waals surface area (Å²) in [5.41, 5.74) is -1.57. The summed E-state index contributed by atoms with van der Waals surface area (Å²) in [4.78, 5) is 0. The third-order valence-electron chi connectivity index (χ3n) is 7.02. The molecule has 40 heavy (non-hydrogen) atoms. The van der Waals surface area contributed by atoms with Crippen molar-refractivity contribution < 1.29 is 31.5 Å². The van der Waals surface area contributed by atoms with E-state index in [1.54, 1.807) is 0 Å². The summed E-state index contributed by atoms with van der Waals surface area (Å²) in [6.45, 7) is -3.47. The molecular formula is C40H28. The van der Waals surface area contributed by atoms with Gasteiger partial charge in [0.25, 0.3) is 0 Å². The highest BCUT2D eigenvalue weighted by Gasteiger charge is 2.18. The van der Waals surface area contributed by atoms with Crippen LogP contribution in [0.2, 0.25) is 0 Å². The van der Waals surface area contributed by atoms with E-state index >= 15 is 0 Å². The first-order valence-electron chi connectivity index (χ1n) is 23.6. The van der Waals surface area contributed by atoms with Crippen LogP contribution in [0.4, 0.5) is 0 Å². The number of aryl methyl sites for hydroxylation is 1. The van der Waals surface area contributed by atoms with E-state index in [2.05, 4.69) is 0 Å². The molecular weight excluding hydrogens is 480 g/mol. The van der Waals surface area contributed by atoms with Crippen LogP contribution in [-0.4, -0.2) is 0 Å². The Morgan fingerprint density at radius 3 is 1.80 bits per heavy atom. The summed E-state index contributed by atoms with van der Waals surface area (Å²) in [5, 5.41) is -3.84. The quantitative estimate of drug-likeness (QED) is 0.157. The molecule has 0 saturated heterocycles. The van der Waals surface area contributed by atoms with Crippen LogP contribution in [0.5, 0.6) is 0 Å². The fraction of sp³-hybridized carbons (Fsp3) is 0.0500. The number of fused-ring (bicyclic) bond motifs is 6. The van der Waals surface area contributed by atoms with Crippen LogP contribution in [-0.2, 0) is 6.37 Å². The lowest BCUT2D eigenvalue weighted by Gasteiger charge is -2.19. The number of hydrogen-bond acceptors (Lipinski definition) is 0. The van der Waals surface area contributed by atoms with Crippen molar-refractivity contribution in [2.45, 2.75) is 13.2 Å². The maximum absolute atomic E-state index is 9.48. The molecule has 0 aliphatic heterocycles. The summed E-state index contributed by atoms with van der Waals surface area (Å²) in [6, 6.07) is -6.91. The highest BCUT2D eigenvalue weighted by atomic mass is 14.2. The molecule has 0 aromatic heterocycles. The van der Waals surface area contributed by atoms with E-state index < -0.39 is 144 Å². The Balaban J connectivity index is 1.73. The highest BCUT2D eigenvalue weighted by molar-refractivity contribution is 6.25. The third-order valence-corrected chi connectivity index (χ3v) is 7.02. The first-order valence-corrected chi connectivity index (χ1v) is 12.1. The van der Waals surface area contributed by atoms with Crippen LogP contribution in [0.1, 0.15) is 43.9 Å². The molecule has 8 aromatic rings. The maximum Gasteiger partial charge on any atom is 0.0636 e. The van der Waals surface area contributed by atoms with Gasteiger partial charge in [0, 0.05) is 6.85 Å². The van der Waals surface area contributed by atoms with E-state index in [-0.39, 0.29) is 60.0 Å². The second-order valence-corrected chi connectivity index (χ2v) is 9.02. The van der Waals surface area contributed by atoms with Gasteiger partial charge in [0.15, 0.2) is 0 Å². The van der Waals surface area contributed by atoms with Crippen molar-refractivity contribution in [1.29, 1.82) is 0 Å². The molecule has 0 bridgehead atoms. The average Bonchev–Trinajstić information content (AvgIpc) is 3.22. The molecule has 8 aromatic carbocycles. The fourth-order valence-corrected chi connectivity index (χ4v) is 5.38. The summed E-state index contributed by atoms with van der Waals surface area (Å²) < 4.78 is 202. The molecule has 8 rings (SSSR count). The molecule has 0 spiro atoms. The van der Waals surface area contributed by atoms with Gasteiger partial charge < -0.3 is 0 Å². The summed E-state index contributed by atoms with van der Waals surface area (Å²) in [7, 11) is 0. The van der Waals surface area contributed by atoms with Crippen LogP contribution in [0.25, 0.3) is 76.1 Å². The van der Waals surface area contributed by atoms with Gasteiger partial charge in [0.1, 0.15) is 0 Å². The minimum atomic E-state index is -3.47. The minimum Gasteiger partial charge on any atom is -0.0622 e. The first kappa shape index (κ1) is 9.61. The van der Waals surface area contributed by atoms with Crippen LogP contribution in [0.15, 0.2) is 139 Å². The minimum absolute atomic E-state index is 0.0949. The summed E-state index contributed by atoms with van der Waals surface area (Å²) in [6.07, 6.45) is -3.36. The van der Waals surface area contributed by atoms with Gasteiger partial charge in [0.05, 0.1) is 24.7 Å². The van der Waals surface area contributed by atoms with Gasteiger partial charge in [0.2, 0.25) is 0 Å². The molecule has 0 nitrogen and oxygen atoms in total. The predicted octanol–water partition coefficient (Wildman–Crippen LogP) is 11.3. The van der Waals surface area contributed by atoms with Crippen LogP contribution in [0, 0.1) is 0 Å². The Labute approximate surface area is 266 Å². The lowest BCUT2D eigenvalue weighted by Crippen LogP contribution is -1.92. The van der Waals surface area contributed by atoms with Crippen molar-refractivity contribution in [1.82, 2.24) is 0 Å². The third kappa shape index (κ3) is 3.33. The zero-order valence-electron chi connectivity index (χ0n) is 43.4. The molecule has 0 fully saturated rings. The van der Waals surface area contributed by atoms with Crippen molar-refractivity contribution in [3.63, 3.8) is 0 Å². The van der Waals surface area contributed by atoms with Gasteiger partial charge in [-0.3, -0.25) is 0 Å². The smallest absolute Gasteiger partial charge is 0.0622 e. The number of hydrogen-bond donors (Lipinski definition) is 0. The molecule has 0 amide bonds. The topological polar surface area (TPSA) is 0 Å². The second kappa shape index (κ2) is 9.07. The maximum atomic E-state index is 9.48. The Morgan fingerprint density at radius 1 is 0.500 bits per heavy atom. The van der Waals surface area contributed by atoms with Gasteiger partial charge in [-0.05, 0) is 94.1 Å². The standard InChI is InChI=1S/C40H28/c1-2-28-29-16-7-6-15-27(29)25-38-30-21-12-22-33(32(30)24-23-31(28)38)40-36-19-10-8-17-34(36)39(26-13-4-3-5-14-26)35-18-9-11-20-37(35)40/h3-25H,2H2,1H3/i1D3,2D2,3D,4D,5D,6D,7D,8D,9D,10D,11D,12D,15D,16D,17D,18D,19D,20D,21D,25D. The van der Waals surface area contributed by atoms with E-state index in [9.17, 15) is 8.22 Å². The van der Waals surface area contributed by atoms with Crippen LogP contribution < -0.4 is 0 Å². The molecule has 0 aliphatic rings. The Kier molecular flexibility index (Phi) is 2.18. The van der Waals surface area contributed by atoms with Gasteiger partial charge >= 0.3 is 0 Å². The number of benzene rings is 8. The molecule has 0 N–H and O–H groups in total. The van der Waals surface area contributed by atoms with Crippen molar-refractivity contribution >= 4 is 53.9 Å². The normalized spacial score (nSPS) is 20.6. The van der Waals surface area contributed by atoms with Gasteiger partial charge in [-0.25, -0.2) is 0 Å². The van der Waals surface area contributed by atoms with Crippen LogP contribution in [0.3, 0.4) is 0 Å². The van der Waals surface area contributed by atoms with Gasteiger partial charge in [-0.2, -0.15) is 0 Å². The van der Waals surface area contributed by atoms with E-state index in [0.717, 1.165) is 18.2 Å². The SMILES string of the molecule is [2H]c1cc(-c2c3c([2H])c([2H])c([2H])c([2H])c3c(-c3cc([2H])c([2H])c4c3ccc3c(C([2H])([2H])C([2H])([2H])[2H])c5c([2H])c([2H])c([2H])c([2H])c5c([2H])c34)c3c([2H])c([2H])c([2H])c([2H])c23)cc([2H])c1[2H]. The Morgan fingerprint density at radius 2 is 1.10 bits per heavy atom. The molecule has 0 saturated carbocycles. The lowest BCUT2D eigenvalue weighted by molar-refractivity contribution is 1.18. The largest absolute Gasteiger partial charge is 0.0636 e. The van der Waals surface area contributed by atoms with E-state index in [4.69, 9.17) is 23.3 Å². The van der Waals surface area contributed by atoms with E-state index in [1.165, 1.54) is 12.1 Å².